The Morgan fingerprint density at radius 2 is 1.83 bits per heavy atom. The van der Waals surface area contributed by atoms with E-state index in [2.05, 4.69) is 4.90 Å². The van der Waals surface area contributed by atoms with Gasteiger partial charge in [0.15, 0.2) is 18.1 Å². The number of ether oxygens (including phenoxy) is 2. The molecule has 0 N–H and O–H groups in total. The number of carbonyl (C=O) groups is 1. The second-order valence-electron chi connectivity index (χ2n) is 6.41. The fraction of sp³-hybridized carbons (Fsp3) is 0.300. The summed E-state index contributed by atoms with van der Waals surface area (Å²) in [6, 6.07) is 13.2. The molecule has 29 heavy (non-hydrogen) atoms. The first-order valence-electron chi connectivity index (χ1n) is 9.00. The molecule has 3 rings (SSSR count). The van der Waals surface area contributed by atoms with Crippen LogP contribution in [-0.4, -0.2) is 55.6 Å². The summed E-state index contributed by atoms with van der Waals surface area (Å²) < 4.78 is 10.8. The van der Waals surface area contributed by atoms with Gasteiger partial charge in [-0.2, -0.15) is 5.26 Å². The number of piperazine rings is 1. The molecule has 1 aliphatic heterocycles. The molecule has 1 heterocycles. The van der Waals surface area contributed by atoms with Gasteiger partial charge < -0.3 is 19.3 Å². The Morgan fingerprint density at radius 1 is 1.14 bits per heavy atom. The Morgan fingerprint density at radius 3 is 2.41 bits per heavy atom. The summed E-state index contributed by atoms with van der Waals surface area (Å²) in [5.41, 5.74) is 1.39. The van der Waals surface area contributed by atoms with Gasteiger partial charge in [-0.3, -0.25) is 14.9 Å². The van der Waals surface area contributed by atoms with Crippen molar-refractivity contribution in [1.29, 1.82) is 5.26 Å². The van der Waals surface area contributed by atoms with Gasteiger partial charge in [-0.25, -0.2) is 0 Å². The number of nitro benzene ring substituents is 1. The molecule has 0 unspecified atom stereocenters. The van der Waals surface area contributed by atoms with Gasteiger partial charge in [0.25, 0.3) is 11.6 Å². The van der Waals surface area contributed by atoms with Crippen molar-refractivity contribution in [1.82, 2.24) is 4.90 Å². The monoisotopic (exact) mass is 396 g/mol. The maximum absolute atomic E-state index is 12.5. The number of anilines is 1. The second-order valence-corrected chi connectivity index (χ2v) is 6.41. The van der Waals surface area contributed by atoms with Crippen LogP contribution >= 0.6 is 0 Å². The highest BCUT2D eigenvalue weighted by molar-refractivity contribution is 5.78. The fourth-order valence-corrected chi connectivity index (χ4v) is 3.09. The summed E-state index contributed by atoms with van der Waals surface area (Å²) in [7, 11) is 1.47. The quantitative estimate of drug-likeness (QED) is 0.544. The number of rotatable bonds is 6. The first-order chi connectivity index (χ1) is 14.0. The third-order valence-corrected chi connectivity index (χ3v) is 4.70. The van der Waals surface area contributed by atoms with E-state index < -0.39 is 4.92 Å². The van der Waals surface area contributed by atoms with Crippen LogP contribution in [0.1, 0.15) is 5.56 Å². The third-order valence-electron chi connectivity index (χ3n) is 4.70. The van der Waals surface area contributed by atoms with Crippen LogP contribution in [0.5, 0.6) is 11.5 Å². The Kier molecular flexibility index (Phi) is 6.14. The topological polar surface area (TPSA) is 109 Å². The Labute approximate surface area is 167 Å². The minimum absolute atomic E-state index is 0.0537. The van der Waals surface area contributed by atoms with Crippen molar-refractivity contribution in [3.8, 4) is 17.6 Å². The van der Waals surface area contributed by atoms with Crippen LogP contribution in [0.2, 0.25) is 0 Å². The smallest absolute Gasteiger partial charge is 0.269 e. The number of nitro groups is 1. The number of nitriles is 1. The van der Waals surface area contributed by atoms with Gasteiger partial charge in [-0.1, -0.05) is 0 Å². The number of hydrogen-bond acceptors (Lipinski definition) is 7. The zero-order valence-electron chi connectivity index (χ0n) is 15.9. The predicted octanol–water partition coefficient (Wildman–Crippen LogP) is 2.20. The van der Waals surface area contributed by atoms with E-state index in [1.165, 1.54) is 19.2 Å². The molecule has 0 bridgehead atoms. The minimum Gasteiger partial charge on any atom is -0.493 e. The van der Waals surface area contributed by atoms with E-state index in [4.69, 9.17) is 14.7 Å². The molecule has 0 radical (unpaired) electrons. The van der Waals surface area contributed by atoms with E-state index in [-0.39, 0.29) is 18.2 Å². The predicted molar refractivity (Wildman–Crippen MR) is 105 cm³/mol. The molecule has 0 atom stereocenters. The van der Waals surface area contributed by atoms with E-state index in [9.17, 15) is 14.9 Å². The van der Waals surface area contributed by atoms with Crippen LogP contribution in [0.3, 0.4) is 0 Å². The van der Waals surface area contributed by atoms with Crippen LogP contribution in [-0.2, 0) is 4.79 Å². The number of benzene rings is 2. The Hall–Kier alpha value is -3.80. The van der Waals surface area contributed by atoms with Crippen LogP contribution in [0.4, 0.5) is 11.4 Å². The average Bonchev–Trinajstić information content (AvgIpc) is 2.77. The summed E-state index contributed by atoms with van der Waals surface area (Å²) in [4.78, 5) is 26.6. The van der Waals surface area contributed by atoms with Gasteiger partial charge in [0, 0.05) is 50.1 Å². The second kappa shape index (κ2) is 8.93. The number of methoxy groups -OCH3 is 1. The lowest BCUT2D eigenvalue weighted by molar-refractivity contribution is -0.384. The minimum atomic E-state index is -0.427. The number of hydrogen-bond donors (Lipinski definition) is 0. The van der Waals surface area contributed by atoms with Crippen LogP contribution < -0.4 is 14.4 Å². The van der Waals surface area contributed by atoms with Crippen LogP contribution in [0, 0.1) is 21.4 Å². The molecular formula is C20H20N4O5. The summed E-state index contributed by atoms with van der Waals surface area (Å²) in [6.45, 7) is 2.20. The lowest BCUT2D eigenvalue weighted by atomic mass is 10.2. The Balaban J connectivity index is 1.52. The Bertz CT molecular complexity index is 931. The van der Waals surface area contributed by atoms with Gasteiger partial charge in [0.2, 0.25) is 0 Å². The van der Waals surface area contributed by atoms with Gasteiger partial charge in [0.1, 0.15) is 0 Å². The fourth-order valence-electron chi connectivity index (χ4n) is 3.09. The van der Waals surface area contributed by atoms with Crippen molar-refractivity contribution in [2.45, 2.75) is 0 Å². The summed E-state index contributed by atoms with van der Waals surface area (Å²) in [5, 5.41) is 19.7. The van der Waals surface area contributed by atoms with Gasteiger partial charge in [-0.15, -0.1) is 0 Å². The maximum atomic E-state index is 12.5. The molecule has 0 spiro atoms. The molecule has 2 aromatic carbocycles. The lowest BCUT2D eigenvalue weighted by Crippen LogP contribution is -2.50. The average molecular weight is 396 g/mol. The lowest BCUT2D eigenvalue weighted by Gasteiger charge is -2.36. The molecule has 0 aliphatic carbocycles. The summed E-state index contributed by atoms with van der Waals surface area (Å²) in [6.07, 6.45) is 0. The van der Waals surface area contributed by atoms with Crippen molar-refractivity contribution in [3.05, 3.63) is 58.1 Å². The molecule has 2 aromatic rings. The SMILES string of the molecule is COc1cc(C#N)ccc1OCC(=O)N1CCN(c2ccc([N+](=O)[O-])cc2)CC1. The van der Waals surface area contributed by atoms with E-state index in [1.807, 2.05) is 6.07 Å². The number of non-ortho nitro benzene ring substituents is 1. The van der Waals surface area contributed by atoms with Crippen molar-refractivity contribution < 1.29 is 19.2 Å². The van der Waals surface area contributed by atoms with Crippen molar-refractivity contribution in [2.75, 3.05) is 44.8 Å². The molecule has 1 aliphatic rings. The van der Waals surface area contributed by atoms with Crippen LogP contribution in [0.15, 0.2) is 42.5 Å². The van der Waals surface area contributed by atoms with Gasteiger partial charge >= 0.3 is 0 Å². The maximum Gasteiger partial charge on any atom is 0.269 e. The zero-order chi connectivity index (χ0) is 20.8. The largest absolute Gasteiger partial charge is 0.493 e. The highest BCUT2D eigenvalue weighted by Crippen LogP contribution is 2.28. The molecular weight excluding hydrogens is 376 g/mol. The van der Waals surface area contributed by atoms with E-state index in [0.29, 0.717) is 43.2 Å². The standard InChI is InChI=1S/C20H20N4O5/c1-28-19-12-15(13-21)2-7-18(19)29-14-20(25)23-10-8-22(9-11-23)16-3-5-17(6-4-16)24(26)27/h2-7,12H,8-11,14H2,1H3. The molecule has 1 fully saturated rings. The van der Waals surface area contributed by atoms with Crippen molar-refractivity contribution >= 4 is 17.3 Å². The molecule has 0 saturated carbocycles. The van der Waals surface area contributed by atoms with Crippen LogP contribution in [0.25, 0.3) is 0 Å². The first kappa shape index (κ1) is 19.9. The zero-order valence-corrected chi connectivity index (χ0v) is 15.9. The van der Waals surface area contributed by atoms with Crippen molar-refractivity contribution in [3.63, 3.8) is 0 Å². The molecule has 1 amide bonds. The molecule has 1 saturated heterocycles. The van der Waals surface area contributed by atoms with Gasteiger partial charge in [0.05, 0.1) is 23.7 Å². The highest BCUT2D eigenvalue weighted by atomic mass is 16.6. The molecule has 150 valence electrons. The van der Waals surface area contributed by atoms with E-state index in [1.54, 1.807) is 35.2 Å². The van der Waals surface area contributed by atoms with Crippen molar-refractivity contribution in [2.24, 2.45) is 0 Å². The summed E-state index contributed by atoms with van der Waals surface area (Å²) in [5.74, 6) is 0.670. The molecule has 9 heteroatoms. The van der Waals surface area contributed by atoms with E-state index in [0.717, 1.165) is 5.69 Å². The first-order valence-corrected chi connectivity index (χ1v) is 9.00. The summed E-state index contributed by atoms with van der Waals surface area (Å²) >= 11 is 0. The number of nitrogens with zero attached hydrogens (tertiary/aromatic N) is 4. The third kappa shape index (κ3) is 4.73. The number of amides is 1. The van der Waals surface area contributed by atoms with E-state index >= 15 is 0 Å². The number of carbonyl (C=O) groups excluding carboxylic acids is 1. The normalized spacial score (nSPS) is 13.5. The van der Waals surface area contributed by atoms with Gasteiger partial charge in [-0.05, 0) is 24.3 Å². The highest BCUT2D eigenvalue weighted by Gasteiger charge is 2.22. The molecule has 9 nitrogen and oxygen atoms in total. The molecule has 0 aromatic heterocycles.